The zero-order chi connectivity index (χ0) is 70.3. The zero-order valence-electron chi connectivity index (χ0n) is 58.6. The molecule has 4 aliphatic rings. The van der Waals surface area contributed by atoms with Crippen molar-refractivity contribution in [2.75, 3.05) is 130 Å². The number of carboxylic acid groups (broad SMARTS) is 2. The van der Waals surface area contributed by atoms with Crippen LogP contribution in [0.15, 0.2) is 61.2 Å². The van der Waals surface area contributed by atoms with Gasteiger partial charge in [0.1, 0.15) is 35.8 Å². The Labute approximate surface area is 564 Å². The number of hydrogen-bond acceptors (Lipinski definition) is 22. The van der Waals surface area contributed by atoms with Crippen molar-refractivity contribution < 1.29 is 66.6 Å². The van der Waals surface area contributed by atoms with Crippen LogP contribution >= 0.6 is 0 Å². The first kappa shape index (κ1) is 77.8. The van der Waals surface area contributed by atoms with E-state index in [9.17, 15) is 28.0 Å². The Morgan fingerprint density at radius 3 is 1.26 bits per heavy atom. The largest absolute Gasteiger partial charge is 0.478 e. The van der Waals surface area contributed by atoms with Crippen LogP contribution < -0.4 is 29.9 Å². The van der Waals surface area contributed by atoms with Gasteiger partial charge in [0, 0.05) is 154 Å². The highest BCUT2D eigenvalue weighted by Crippen LogP contribution is 2.46. The van der Waals surface area contributed by atoms with Gasteiger partial charge in [-0.3, -0.25) is 19.4 Å². The smallest absolute Gasteiger partial charge is 0.328 e. The summed E-state index contributed by atoms with van der Waals surface area (Å²) in [5.74, 6) is -0.916. The lowest BCUT2D eigenvalue weighted by Crippen LogP contribution is -2.62. The fraction of sp³-hybridized carbons (Fsp3) is 0.647. The summed E-state index contributed by atoms with van der Waals surface area (Å²) in [6.45, 7) is 32.5. The number of carbonyl (C=O) groups excluding carboxylic acids is 2. The second-order valence-electron chi connectivity index (χ2n) is 26.3. The molecule has 2 amide bonds. The van der Waals surface area contributed by atoms with Gasteiger partial charge in [-0.1, -0.05) is 27.7 Å². The monoisotopic (exact) mass is 1350 g/mol. The number of carbonyl (C=O) groups is 4. The normalized spacial score (nSPS) is 16.5. The molecule has 28 heteroatoms. The number of nitrogens with zero attached hydrogens (tertiary/aromatic N) is 12. The molecule has 2 atom stereocenters. The van der Waals surface area contributed by atoms with Crippen molar-refractivity contribution in [3.05, 3.63) is 84.0 Å². The van der Waals surface area contributed by atoms with E-state index in [2.05, 4.69) is 88.3 Å². The molecule has 8 rings (SSSR count). The van der Waals surface area contributed by atoms with Crippen molar-refractivity contribution in [1.82, 2.24) is 60.6 Å². The highest BCUT2D eigenvalue weighted by atomic mass is 19.1. The molecule has 4 saturated heterocycles. The van der Waals surface area contributed by atoms with E-state index in [1.807, 2.05) is 41.5 Å². The van der Waals surface area contributed by atoms with Gasteiger partial charge in [-0.2, -0.15) is 0 Å². The molecule has 26 nitrogen and oxygen atoms in total. The van der Waals surface area contributed by atoms with E-state index < -0.39 is 23.6 Å². The Balaban J connectivity index is 0.000000272. The van der Waals surface area contributed by atoms with Crippen LogP contribution in [-0.4, -0.2) is 241 Å². The molecule has 96 heavy (non-hydrogen) atoms. The summed E-state index contributed by atoms with van der Waals surface area (Å²) in [6, 6.07) is 8.92. The zero-order valence-corrected chi connectivity index (χ0v) is 58.6. The Morgan fingerprint density at radius 2 is 0.948 bits per heavy atom. The minimum atomic E-state index is -1.26. The number of carboxylic acids is 2. The molecule has 0 unspecified atom stereocenters. The Kier molecular flexibility index (Phi) is 30.4. The maximum absolute atomic E-state index is 14.3. The summed E-state index contributed by atoms with van der Waals surface area (Å²) in [6.07, 6.45) is 10.1. The fourth-order valence-electron chi connectivity index (χ4n) is 13.3. The van der Waals surface area contributed by atoms with E-state index in [1.165, 1.54) is 49.1 Å². The third kappa shape index (κ3) is 21.7. The SMILES string of the molecule is CCN(C(=O)c1cc(F)ccc1Oc1nncnc1N1CCC2(C1)CN([C@H](CCCNCC(OC)OC)C(C)C)C2)C(C)C.CCN(C(=O)c1cc(F)ccc1Oc1nncnc1N1CCC2(C1)CN([C@H](CCCNCC(OC)OC)C(C)C)C2)C(C)C.O=C(O)/C=C/C(=O)O. The fourth-order valence-corrected chi connectivity index (χ4v) is 13.3. The summed E-state index contributed by atoms with van der Waals surface area (Å²) in [7, 11) is 6.62. The average molecular weight is 1350 g/mol. The summed E-state index contributed by atoms with van der Waals surface area (Å²) < 4.78 is 61.9. The standard InChI is InChI=1S/2C32H50FN7O4.C4H4O4/c2*1-8-40(23(4)5)31(41)25-16-24(33)11-12-27(25)44-30-29(35-21-36-37-30)38-15-13-32(18-38)19-39(20-32)26(22(2)3)10-9-14-34-17-28(42-6)43-7;5-3(6)1-2-4(7)8/h2*11-12,16,21-23,26,28,34H,8-10,13-15,17-20H2,1-7H3;1-2H,(H,5,6)(H,7,8)/b;;2-1+/t2*26-;/m11./s1. The maximum Gasteiger partial charge on any atom is 0.328 e. The van der Waals surface area contributed by atoms with E-state index in [0.717, 1.165) is 104 Å². The highest BCUT2D eigenvalue weighted by molar-refractivity contribution is 5.98. The molecular weight excluding hydrogens is 1240 g/mol. The Morgan fingerprint density at radius 1 is 0.583 bits per heavy atom. The van der Waals surface area contributed by atoms with Crippen LogP contribution in [0.25, 0.3) is 0 Å². The van der Waals surface area contributed by atoms with Crippen LogP contribution in [0.3, 0.4) is 0 Å². The number of rotatable bonds is 34. The average Bonchev–Trinajstić information content (AvgIpc) is 1.58. The van der Waals surface area contributed by atoms with Crippen molar-refractivity contribution in [3.63, 3.8) is 0 Å². The molecule has 0 bridgehead atoms. The second kappa shape index (κ2) is 37.5. The first-order chi connectivity index (χ1) is 45.8. The van der Waals surface area contributed by atoms with Gasteiger partial charge >= 0.3 is 11.9 Å². The number of aromatic nitrogens is 6. The number of anilines is 2. The van der Waals surface area contributed by atoms with Crippen LogP contribution in [0.1, 0.15) is 128 Å². The van der Waals surface area contributed by atoms with Gasteiger partial charge in [0.05, 0.1) is 11.1 Å². The molecule has 4 aliphatic heterocycles. The molecule has 6 heterocycles. The van der Waals surface area contributed by atoms with E-state index in [0.29, 0.717) is 73.9 Å². The van der Waals surface area contributed by atoms with Gasteiger partial charge in [-0.05, 0) is 141 Å². The number of amides is 2. The molecule has 2 aromatic carbocycles. The molecule has 532 valence electrons. The lowest BCUT2D eigenvalue weighted by atomic mass is 9.76. The molecular formula is C68H104F2N14O12. The molecule has 0 saturated carbocycles. The number of halogens is 2. The van der Waals surface area contributed by atoms with Gasteiger partial charge < -0.3 is 68.9 Å². The summed E-state index contributed by atoms with van der Waals surface area (Å²) >= 11 is 0. The Hall–Kier alpha value is -7.18. The number of hydrogen-bond donors (Lipinski definition) is 4. The minimum Gasteiger partial charge on any atom is -0.478 e. The molecule has 0 radical (unpaired) electrons. The van der Waals surface area contributed by atoms with Crippen LogP contribution in [-0.2, 0) is 28.5 Å². The van der Waals surface area contributed by atoms with E-state index in [1.54, 1.807) is 38.2 Å². The van der Waals surface area contributed by atoms with Crippen molar-refractivity contribution in [2.45, 2.75) is 145 Å². The molecule has 4 N–H and O–H groups in total. The maximum atomic E-state index is 14.3. The van der Waals surface area contributed by atoms with Gasteiger partial charge in [0.2, 0.25) is 0 Å². The van der Waals surface area contributed by atoms with Crippen LogP contribution in [0.4, 0.5) is 20.4 Å². The van der Waals surface area contributed by atoms with Crippen molar-refractivity contribution in [1.29, 1.82) is 0 Å². The highest BCUT2D eigenvalue weighted by Gasteiger charge is 2.52. The topological polar surface area (TPSA) is 285 Å². The first-order valence-electron chi connectivity index (χ1n) is 33.4. The third-order valence-corrected chi connectivity index (χ3v) is 18.2. The minimum absolute atomic E-state index is 0.0447. The summed E-state index contributed by atoms with van der Waals surface area (Å²) in [5.41, 5.74) is 0.676. The lowest BCUT2D eigenvalue weighted by Gasteiger charge is -2.53. The number of methoxy groups -OCH3 is 4. The predicted molar refractivity (Wildman–Crippen MR) is 359 cm³/mol. The molecule has 0 aliphatic carbocycles. The van der Waals surface area contributed by atoms with Crippen LogP contribution in [0.2, 0.25) is 0 Å². The van der Waals surface area contributed by atoms with E-state index in [4.69, 9.17) is 38.6 Å². The Bertz CT molecular complexity index is 2930. The molecule has 2 spiro atoms. The number of benzene rings is 2. The van der Waals surface area contributed by atoms with E-state index >= 15 is 0 Å². The number of ether oxygens (including phenoxy) is 6. The number of likely N-dealkylation sites (tertiary alicyclic amines) is 2. The van der Waals surface area contributed by atoms with Gasteiger partial charge in [0.15, 0.2) is 24.2 Å². The predicted octanol–water partition coefficient (Wildman–Crippen LogP) is 8.11. The van der Waals surface area contributed by atoms with Crippen LogP contribution in [0.5, 0.6) is 23.3 Å². The van der Waals surface area contributed by atoms with Gasteiger partial charge in [-0.15, -0.1) is 20.4 Å². The number of aliphatic carboxylic acids is 2. The molecule has 4 aromatic rings. The van der Waals surface area contributed by atoms with Gasteiger partial charge in [-0.25, -0.2) is 28.3 Å². The van der Waals surface area contributed by atoms with Crippen molar-refractivity contribution >= 4 is 35.4 Å². The van der Waals surface area contributed by atoms with Crippen molar-refractivity contribution in [3.8, 4) is 23.3 Å². The summed E-state index contributed by atoms with van der Waals surface area (Å²) in [5, 5.41) is 38.9. The second-order valence-corrected chi connectivity index (χ2v) is 26.3. The van der Waals surface area contributed by atoms with Crippen LogP contribution in [0, 0.1) is 34.3 Å². The van der Waals surface area contributed by atoms with Crippen molar-refractivity contribution in [2.24, 2.45) is 22.7 Å². The summed E-state index contributed by atoms with van der Waals surface area (Å²) in [4.78, 5) is 67.9. The van der Waals surface area contributed by atoms with E-state index in [-0.39, 0.29) is 81.7 Å². The lowest BCUT2D eigenvalue weighted by molar-refractivity contribution is -0.134. The molecule has 2 aromatic heterocycles. The first-order valence-corrected chi connectivity index (χ1v) is 33.4. The van der Waals surface area contributed by atoms with Gasteiger partial charge in [0.25, 0.3) is 23.6 Å². The quantitative estimate of drug-likeness (QED) is 0.0195. The number of nitrogens with one attached hydrogen (secondary N) is 2. The molecule has 4 fully saturated rings. The third-order valence-electron chi connectivity index (χ3n) is 18.2.